The highest BCUT2D eigenvalue weighted by molar-refractivity contribution is 7.89. The van der Waals surface area contributed by atoms with Crippen molar-refractivity contribution in [3.8, 4) is 0 Å². The molecule has 26 heavy (non-hydrogen) atoms. The minimum Gasteiger partial charge on any atom is -0.379 e. The lowest BCUT2D eigenvalue weighted by Crippen LogP contribution is -2.39. The van der Waals surface area contributed by atoms with Gasteiger partial charge in [0, 0.05) is 36.1 Å². The third kappa shape index (κ3) is 5.28. The molecule has 1 aromatic heterocycles. The Balaban J connectivity index is 1.70. The summed E-state index contributed by atoms with van der Waals surface area (Å²) in [7, 11) is -3.56. The summed E-state index contributed by atoms with van der Waals surface area (Å²) < 4.78 is 33.1. The molecule has 0 unspecified atom stereocenters. The molecule has 0 N–H and O–H groups in total. The van der Waals surface area contributed by atoms with Crippen molar-refractivity contribution < 1.29 is 13.2 Å². The largest absolute Gasteiger partial charge is 0.379 e. The molecule has 1 aromatic carbocycles. The fraction of sp³-hybridized carbons (Fsp3) is 0.444. The molecule has 3 rings (SSSR count). The number of hydrogen-bond acceptors (Lipinski definition) is 5. The van der Waals surface area contributed by atoms with Gasteiger partial charge >= 0.3 is 0 Å². The Labute approximate surface area is 164 Å². The predicted molar refractivity (Wildman–Crippen MR) is 105 cm³/mol. The quantitative estimate of drug-likeness (QED) is 0.664. The van der Waals surface area contributed by atoms with Crippen LogP contribution < -0.4 is 0 Å². The van der Waals surface area contributed by atoms with E-state index in [1.807, 2.05) is 17.5 Å². The first kappa shape index (κ1) is 19.8. The number of hydrogen-bond donors (Lipinski definition) is 0. The second kappa shape index (κ2) is 9.30. The highest BCUT2D eigenvalue weighted by atomic mass is 35.5. The van der Waals surface area contributed by atoms with Gasteiger partial charge in [-0.25, -0.2) is 8.42 Å². The Morgan fingerprint density at radius 1 is 1.15 bits per heavy atom. The Morgan fingerprint density at radius 3 is 2.54 bits per heavy atom. The molecule has 0 radical (unpaired) electrons. The van der Waals surface area contributed by atoms with E-state index in [1.54, 1.807) is 39.9 Å². The van der Waals surface area contributed by atoms with Crippen molar-refractivity contribution in [3.05, 3.63) is 51.7 Å². The number of sulfonamides is 1. The summed E-state index contributed by atoms with van der Waals surface area (Å²) in [6.07, 6.45) is 0.790. The first-order chi connectivity index (χ1) is 12.6. The molecular weight excluding hydrogens is 392 g/mol. The lowest BCUT2D eigenvalue weighted by atomic mass is 10.3. The Hall–Kier alpha value is -0.960. The van der Waals surface area contributed by atoms with Gasteiger partial charge in [-0.2, -0.15) is 4.31 Å². The minimum atomic E-state index is -3.56. The first-order valence-corrected chi connectivity index (χ1v) is 11.3. The van der Waals surface area contributed by atoms with Crippen molar-refractivity contribution in [2.75, 3.05) is 39.4 Å². The number of nitrogens with zero attached hydrogens (tertiary/aromatic N) is 2. The summed E-state index contributed by atoms with van der Waals surface area (Å²) in [5, 5.41) is 2.50. The highest BCUT2D eigenvalue weighted by Crippen LogP contribution is 2.22. The van der Waals surface area contributed by atoms with Gasteiger partial charge in [-0.15, -0.1) is 11.3 Å². The summed E-state index contributed by atoms with van der Waals surface area (Å²) in [5.41, 5.74) is 0. The van der Waals surface area contributed by atoms with Gasteiger partial charge in [-0.3, -0.25) is 4.90 Å². The molecule has 8 heteroatoms. The van der Waals surface area contributed by atoms with Gasteiger partial charge in [0.05, 0.1) is 18.1 Å². The maximum absolute atomic E-state index is 13.1. The second-order valence-electron chi connectivity index (χ2n) is 6.18. The molecular formula is C18H23ClN2O3S2. The Kier molecular flexibility index (Phi) is 7.08. The van der Waals surface area contributed by atoms with E-state index in [0.717, 1.165) is 44.1 Å². The van der Waals surface area contributed by atoms with Crippen LogP contribution in [0.1, 0.15) is 11.3 Å². The third-order valence-electron chi connectivity index (χ3n) is 4.35. The number of rotatable bonds is 8. The van der Waals surface area contributed by atoms with Crippen molar-refractivity contribution in [2.24, 2.45) is 0 Å². The van der Waals surface area contributed by atoms with E-state index in [1.165, 1.54) is 0 Å². The number of benzene rings is 1. The zero-order valence-corrected chi connectivity index (χ0v) is 16.9. The number of thiophene rings is 1. The topological polar surface area (TPSA) is 49.9 Å². The lowest BCUT2D eigenvalue weighted by molar-refractivity contribution is 0.0368. The molecule has 0 aliphatic carbocycles. The number of halogens is 1. The van der Waals surface area contributed by atoms with Gasteiger partial charge in [0.15, 0.2) is 0 Å². The van der Waals surface area contributed by atoms with Crippen LogP contribution in [0.3, 0.4) is 0 Å². The number of ether oxygens (including phenoxy) is 1. The molecule has 1 saturated heterocycles. The number of morpholine rings is 1. The maximum atomic E-state index is 13.1. The molecule has 0 spiro atoms. The van der Waals surface area contributed by atoms with E-state index in [2.05, 4.69) is 4.90 Å². The van der Waals surface area contributed by atoms with E-state index < -0.39 is 10.0 Å². The molecule has 0 bridgehead atoms. The SMILES string of the molecule is O=S(=O)(c1ccc(Cl)cc1)N(CCCN1CCOCC1)Cc1cccs1. The molecule has 0 saturated carbocycles. The van der Waals surface area contributed by atoms with E-state index in [-0.39, 0.29) is 4.90 Å². The molecule has 2 heterocycles. The first-order valence-electron chi connectivity index (χ1n) is 8.64. The normalized spacial score (nSPS) is 16.2. The van der Waals surface area contributed by atoms with Gasteiger partial charge in [-0.1, -0.05) is 17.7 Å². The summed E-state index contributed by atoms with van der Waals surface area (Å²) in [4.78, 5) is 3.64. The predicted octanol–water partition coefficient (Wildman–Crippen LogP) is 3.31. The zero-order chi connectivity index (χ0) is 18.4. The molecule has 0 amide bonds. The van der Waals surface area contributed by atoms with Crippen LogP contribution in [0.4, 0.5) is 0 Å². The van der Waals surface area contributed by atoms with Gasteiger partial charge in [0.2, 0.25) is 10.0 Å². The molecule has 5 nitrogen and oxygen atoms in total. The monoisotopic (exact) mass is 414 g/mol. The van der Waals surface area contributed by atoms with Crippen LogP contribution in [0.15, 0.2) is 46.7 Å². The standard InChI is InChI=1S/C18H23ClN2O3S2/c19-16-4-6-18(7-5-16)26(22,23)21(15-17-3-1-14-25-17)9-2-8-20-10-12-24-13-11-20/h1,3-7,14H,2,8-13,15H2. The van der Waals surface area contributed by atoms with Crippen LogP contribution in [-0.4, -0.2) is 57.0 Å². The molecule has 0 atom stereocenters. The van der Waals surface area contributed by atoms with Crippen molar-refractivity contribution in [1.29, 1.82) is 0 Å². The maximum Gasteiger partial charge on any atom is 0.243 e. The molecule has 1 aliphatic heterocycles. The fourth-order valence-corrected chi connectivity index (χ4v) is 5.30. The summed E-state index contributed by atoms with van der Waals surface area (Å²) >= 11 is 7.48. The van der Waals surface area contributed by atoms with Crippen LogP contribution in [0, 0.1) is 0 Å². The van der Waals surface area contributed by atoms with E-state index in [9.17, 15) is 8.42 Å². The van der Waals surface area contributed by atoms with Gasteiger partial charge in [-0.05, 0) is 48.7 Å². The lowest BCUT2D eigenvalue weighted by Gasteiger charge is -2.28. The Morgan fingerprint density at radius 2 is 1.88 bits per heavy atom. The van der Waals surface area contributed by atoms with Crippen molar-refractivity contribution in [3.63, 3.8) is 0 Å². The van der Waals surface area contributed by atoms with Crippen molar-refractivity contribution >= 4 is 33.0 Å². The molecule has 1 fully saturated rings. The summed E-state index contributed by atoms with van der Waals surface area (Å²) in [6, 6.07) is 10.3. The van der Waals surface area contributed by atoms with Gasteiger partial charge < -0.3 is 4.74 Å². The zero-order valence-electron chi connectivity index (χ0n) is 14.5. The summed E-state index contributed by atoms with van der Waals surface area (Å²) in [5.74, 6) is 0. The van der Waals surface area contributed by atoms with Gasteiger partial charge in [0.25, 0.3) is 0 Å². The van der Waals surface area contributed by atoms with Gasteiger partial charge in [0.1, 0.15) is 0 Å². The van der Waals surface area contributed by atoms with Crippen LogP contribution in [0.25, 0.3) is 0 Å². The van der Waals surface area contributed by atoms with Crippen molar-refractivity contribution in [2.45, 2.75) is 17.9 Å². The van der Waals surface area contributed by atoms with Crippen LogP contribution in [-0.2, 0) is 21.3 Å². The molecule has 142 valence electrons. The van der Waals surface area contributed by atoms with Crippen LogP contribution in [0.2, 0.25) is 5.02 Å². The summed E-state index contributed by atoms with van der Waals surface area (Å²) in [6.45, 7) is 5.08. The second-order valence-corrected chi connectivity index (χ2v) is 9.59. The average Bonchev–Trinajstić information content (AvgIpc) is 3.15. The highest BCUT2D eigenvalue weighted by Gasteiger charge is 2.25. The minimum absolute atomic E-state index is 0.282. The smallest absolute Gasteiger partial charge is 0.243 e. The van der Waals surface area contributed by atoms with E-state index >= 15 is 0 Å². The fourth-order valence-electron chi connectivity index (χ4n) is 2.91. The third-order valence-corrected chi connectivity index (χ3v) is 7.32. The average molecular weight is 415 g/mol. The molecule has 1 aliphatic rings. The molecule has 2 aromatic rings. The van der Waals surface area contributed by atoms with Crippen LogP contribution >= 0.6 is 22.9 Å². The van der Waals surface area contributed by atoms with E-state index in [0.29, 0.717) is 18.1 Å². The van der Waals surface area contributed by atoms with Crippen molar-refractivity contribution in [1.82, 2.24) is 9.21 Å². The van der Waals surface area contributed by atoms with Crippen LogP contribution in [0.5, 0.6) is 0 Å². The van der Waals surface area contributed by atoms with E-state index in [4.69, 9.17) is 16.3 Å². The Bertz CT molecular complexity index is 773.